The third-order valence-electron chi connectivity index (χ3n) is 2.78. The summed E-state index contributed by atoms with van der Waals surface area (Å²) in [6.45, 7) is 2.73. The Kier molecular flexibility index (Phi) is 2.76. The van der Waals surface area contributed by atoms with Crippen LogP contribution in [0.3, 0.4) is 0 Å². The van der Waals surface area contributed by atoms with Gasteiger partial charge < -0.3 is 5.32 Å². The predicted molar refractivity (Wildman–Crippen MR) is 68.2 cm³/mol. The summed E-state index contributed by atoms with van der Waals surface area (Å²) in [4.78, 5) is 14.2. The molecule has 0 bridgehead atoms. The lowest BCUT2D eigenvalue weighted by Crippen LogP contribution is -2.03. The van der Waals surface area contributed by atoms with Crippen molar-refractivity contribution < 1.29 is 0 Å². The van der Waals surface area contributed by atoms with E-state index in [1.165, 1.54) is 23.4 Å². The van der Waals surface area contributed by atoms with Crippen LogP contribution in [0.2, 0.25) is 0 Å². The second-order valence-corrected chi connectivity index (χ2v) is 5.29. The highest BCUT2D eigenvalue weighted by atomic mass is 32.1. The Labute approximate surface area is 104 Å². The van der Waals surface area contributed by atoms with E-state index >= 15 is 0 Å². The van der Waals surface area contributed by atoms with Gasteiger partial charge in [0.1, 0.15) is 11.6 Å². The summed E-state index contributed by atoms with van der Waals surface area (Å²) in [5, 5.41) is 3.33. The Morgan fingerprint density at radius 2 is 2.29 bits per heavy atom. The van der Waals surface area contributed by atoms with E-state index in [0.29, 0.717) is 5.92 Å². The van der Waals surface area contributed by atoms with Crippen LogP contribution >= 0.6 is 11.3 Å². The molecule has 0 saturated heterocycles. The molecule has 0 atom stereocenters. The smallest absolute Gasteiger partial charge is 0.130 e. The summed E-state index contributed by atoms with van der Waals surface area (Å²) in [7, 11) is 0. The lowest BCUT2D eigenvalue weighted by atomic mass is 10.2. The van der Waals surface area contributed by atoms with Gasteiger partial charge in [-0.1, -0.05) is 0 Å². The number of hydrogen-bond donors (Lipinski definition) is 1. The fraction of sp³-hybridized carbons (Fsp3) is 0.417. The van der Waals surface area contributed by atoms with Gasteiger partial charge >= 0.3 is 0 Å². The van der Waals surface area contributed by atoms with Gasteiger partial charge in [-0.25, -0.2) is 9.97 Å². The average Bonchev–Trinajstić information content (AvgIpc) is 3.04. The number of aromatic nitrogens is 3. The van der Waals surface area contributed by atoms with E-state index in [4.69, 9.17) is 0 Å². The highest BCUT2D eigenvalue weighted by Gasteiger charge is 2.25. The van der Waals surface area contributed by atoms with Crippen LogP contribution in [0.1, 0.15) is 35.2 Å². The molecule has 2 aromatic rings. The molecule has 0 radical (unpaired) electrons. The lowest BCUT2D eigenvalue weighted by molar-refractivity contribution is 0.935. The zero-order valence-electron chi connectivity index (χ0n) is 9.68. The maximum atomic E-state index is 4.48. The normalized spacial score (nSPS) is 14.9. The molecule has 2 aromatic heterocycles. The van der Waals surface area contributed by atoms with Gasteiger partial charge in [-0.05, 0) is 19.8 Å². The molecular formula is C12H14N4S. The zero-order valence-corrected chi connectivity index (χ0v) is 10.5. The zero-order chi connectivity index (χ0) is 11.7. The van der Waals surface area contributed by atoms with Crippen molar-refractivity contribution in [1.29, 1.82) is 0 Å². The van der Waals surface area contributed by atoms with Crippen LogP contribution in [0.4, 0.5) is 5.82 Å². The van der Waals surface area contributed by atoms with Crippen LogP contribution in [-0.4, -0.2) is 15.0 Å². The summed E-state index contributed by atoms with van der Waals surface area (Å²) >= 11 is 1.65. The minimum atomic E-state index is 0.667. The van der Waals surface area contributed by atoms with E-state index in [1.54, 1.807) is 11.3 Å². The highest BCUT2D eigenvalue weighted by molar-refractivity contribution is 7.09. The number of nitrogens with zero attached hydrogens (tertiary/aromatic N) is 3. The molecule has 4 nitrogen and oxygen atoms in total. The SMILES string of the molecule is Cc1nc(NCc2cncs2)cc(C2CC2)n1. The molecule has 0 aliphatic heterocycles. The Balaban J connectivity index is 1.73. The third-order valence-corrected chi connectivity index (χ3v) is 3.56. The van der Waals surface area contributed by atoms with Crippen molar-refractivity contribution in [3.05, 3.63) is 34.2 Å². The summed E-state index contributed by atoms with van der Waals surface area (Å²) in [5.74, 6) is 2.44. The van der Waals surface area contributed by atoms with Crippen molar-refractivity contribution in [2.45, 2.75) is 32.2 Å². The number of hydrogen-bond acceptors (Lipinski definition) is 5. The van der Waals surface area contributed by atoms with Gasteiger partial charge in [0.25, 0.3) is 0 Å². The molecule has 0 amide bonds. The van der Waals surface area contributed by atoms with Crippen molar-refractivity contribution in [3.63, 3.8) is 0 Å². The third kappa shape index (κ3) is 2.61. The van der Waals surface area contributed by atoms with E-state index in [9.17, 15) is 0 Å². The largest absolute Gasteiger partial charge is 0.365 e. The molecule has 1 saturated carbocycles. The Morgan fingerprint density at radius 3 is 3.00 bits per heavy atom. The van der Waals surface area contributed by atoms with Gasteiger partial charge in [0, 0.05) is 28.8 Å². The Morgan fingerprint density at radius 1 is 1.41 bits per heavy atom. The molecule has 2 heterocycles. The molecule has 3 rings (SSSR count). The Hall–Kier alpha value is -1.49. The Bertz CT molecular complexity index is 505. The average molecular weight is 246 g/mol. The van der Waals surface area contributed by atoms with Crippen LogP contribution in [0, 0.1) is 6.92 Å². The van der Waals surface area contributed by atoms with Crippen molar-refractivity contribution in [1.82, 2.24) is 15.0 Å². The number of aryl methyl sites for hydroxylation is 1. The van der Waals surface area contributed by atoms with E-state index in [1.807, 2.05) is 18.6 Å². The fourth-order valence-electron chi connectivity index (χ4n) is 1.78. The van der Waals surface area contributed by atoms with Crippen molar-refractivity contribution in [2.24, 2.45) is 0 Å². The summed E-state index contributed by atoms with van der Waals surface area (Å²) in [5.41, 5.74) is 3.03. The van der Waals surface area contributed by atoms with E-state index in [0.717, 1.165) is 18.2 Å². The summed E-state index contributed by atoms with van der Waals surface area (Å²) < 4.78 is 0. The monoisotopic (exact) mass is 246 g/mol. The van der Waals surface area contributed by atoms with E-state index in [2.05, 4.69) is 26.3 Å². The van der Waals surface area contributed by atoms with Gasteiger partial charge in [-0.2, -0.15) is 0 Å². The topological polar surface area (TPSA) is 50.7 Å². The molecular weight excluding hydrogens is 232 g/mol. The molecule has 17 heavy (non-hydrogen) atoms. The van der Waals surface area contributed by atoms with Crippen molar-refractivity contribution in [3.8, 4) is 0 Å². The van der Waals surface area contributed by atoms with Crippen LogP contribution in [-0.2, 0) is 6.54 Å². The maximum Gasteiger partial charge on any atom is 0.130 e. The summed E-state index contributed by atoms with van der Waals surface area (Å²) in [6.07, 6.45) is 4.42. The minimum Gasteiger partial charge on any atom is -0.365 e. The fourth-order valence-corrected chi connectivity index (χ4v) is 2.31. The molecule has 1 aliphatic rings. The van der Waals surface area contributed by atoms with Gasteiger partial charge in [0.05, 0.1) is 12.1 Å². The lowest BCUT2D eigenvalue weighted by Gasteiger charge is -2.06. The molecule has 0 spiro atoms. The van der Waals surface area contributed by atoms with Gasteiger partial charge in [-0.15, -0.1) is 11.3 Å². The minimum absolute atomic E-state index is 0.667. The molecule has 1 aliphatic carbocycles. The van der Waals surface area contributed by atoms with Crippen LogP contribution in [0.15, 0.2) is 17.8 Å². The maximum absolute atomic E-state index is 4.48. The molecule has 88 valence electrons. The molecule has 0 unspecified atom stereocenters. The number of thiazole rings is 1. The van der Waals surface area contributed by atoms with Crippen LogP contribution in [0.25, 0.3) is 0 Å². The quantitative estimate of drug-likeness (QED) is 0.901. The number of nitrogens with one attached hydrogen (secondary N) is 1. The van der Waals surface area contributed by atoms with Crippen LogP contribution in [0.5, 0.6) is 0 Å². The standard InChI is InChI=1S/C12H14N4S/c1-8-15-11(9-2-3-9)4-12(16-8)14-6-10-5-13-7-17-10/h4-5,7,9H,2-3,6H2,1H3,(H,14,15,16). The molecule has 0 aromatic carbocycles. The van der Waals surface area contributed by atoms with Gasteiger partial charge in [0.2, 0.25) is 0 Å². The molecule has 1 N–H and O–H groups in total. The first-order valence-corrected chi connectivity index (χ1v) is 6.66. The second kappa shape index (κ2) is 4.41. The molecule has 1 fully saturated rings. The first kappa shape index (κ1) is 10.7. The number of anilines is 1. The predicted octanol–water partition coefficient (Wildman–Crippen LogP) is 2.73. The van der Waals surface area contributed by atoms with Crippen molar-refractivity contribution >= 4 is 17.2 Å². The van der Waals surface area contributed by atoms with E-state index < -0.39 is 0 Å². The summed E-state index contributed by atoms with van der Waals surface area (Å²) in [6, 6.07) is 2.08. The highest BCUT2D eigenvalue weighted by Crippen LogP contribution is 2.39. The second-order valence-electron chi connectivity index (χ2n) is 4.32. The van der Waals surface area contributed by atoms with E-state index in [-0.39, 0.29) is 0 Å². The van der Waals surface area contributed by atoms with Gasteiger partial charge in [-0.3, -0.25) is 4.98 Å². The molecule has 5 heteroatoms. The first-order valence-electron chi connectivity index (χ1n) is 5.78. The van der Waals surface area contributed by atoms with Gasteiger partial charge in [0.15, 0.2) is 0 Å². The first-order chi connectivity index (χ1) is 8.31. The van der Waals surface area contributed by atoms with Crippen LogP contribution < -0.4 is 5.32 Å². The number of rotatable bonds is 4. The van der Waals surface area contributed by atoms with Crippen molar-refractivity contribution in [2.75, 3.05) is 5.32 Å².